The average Bonchev–Trinajstić information content (AvgIpc) is 2.02. The van der Waals surface area contributed by atoms with Crippen LogP contribution in [0, 0.1) is 11.3 Å². The van der Waals surface area contributed by atoms with Crippen LogP contribution in [0.3, 0.4) is 0 Å². The number of hydrogen-bond donors (Lipinski definition) is 0. The Hall–Kier alpha value is -0.160. The zero-order valence-corrected chi connectivity index (χ0v) is 9.97. The summed E-state index contributed by atoms with van der Waals surface area (Å²) in [6.07, 6.45) is 0. The van der Waals surface area contributed by atoms with Gasteiger partial charge in [0.15, 0.2) is 0 Å². The first kappa shape index (κ1) is 12.8. The lowest BCUT2D eigenvalue weighted by Gasteiger charge is -2.33. The van der Waals surface area contributed by atoms with Crippen LogP contribution in [0.2, 0.25) is 0 Å². The molecular weight excluding hydrogens is 183 g/mol. The second-order valence-corrected chi connectivity index (χ2v) is 3.95. The van der Waals surface area contributed by atoms with E-state index in [1.807, 2.05) is 0 Å². The first-order valence-corrected chi connectivity index (χ1v) is 5.00. The molecule has 0 aliphatic heterocycles. The van der Waals surface area contributed by atoms with Gasteiger partial charge in [-0.25, -0.2) is 0 Å². The number of nitriles is 1. The lowest BCUT2D eigenvalue weighted by atomic mass is 10.1. The Bertz CT molecular complexity index is 169. The first-order valence-electron chi connectivity index (χ1n) is 4.53. The highest BCUT2D eigenvalue weighted by Gasteiger charge is 2.23. The summed E-state index contributed by atoms with van der Waals surface area (Å²) >= 11 is 0. The van der Waals surface area contributed by atoms with Gasteiger partial charge in [0.05, 0.1) is 12.7 Å². The van der Waals surface area contributed by atoms with E-state index in [4.69, 9.17) is 9.79 Å². The van der Waals surface area contributed by atoms with Crippen molar-refractivity contribution in [3.05, 3.63) is 0 Å². The van der Waals surface area contributed by atoms with Crippen LogP contribution < -0.4 is 0 Å². The van der Waals surface area contributed by atoms with E-state index in [9.17, 15) is 0 Å². The number of hydrogen-bond acceptors (Lipinski definition) is 3. The normalized spacial score (nSPS) is 13.8. The molecule has 0 heterocycles. The SMILES string of the molecule is CC(C)N(C(C)C)C(C#N)COP. The van der Waals surface area contributed by atoms with Gasteiger partial charge in [0, 0.05) is 21.6 Å². The third-order valence-electron chi connectivity index (χ3n) is 1.96. The third-order valence-corrected chi connectivity index (χ3v) is 2.15. The summed E-state index contributed by atoms with van der Waals surface area (Å²) < 4.78 is 4.93. The minimum absolute atomic E-state index is 0.155. The zero-order valence-electron chi connectivity index (χ0n) is 8.82. The summed E-state index contributed by atoms with van der Waals surface area (Å²) in [5, 5.41) is 8.94. The van der Waals surface area contributed by atoms with Crippen molar-refractivity contribution in [2.24, 2.45) is 0 Å². The molecule has 0 aromatic rings. The topological polar surface area (TPSA) is 36.3 Å². The van der Waals surface area contributed by atoms with Crippen molar-refractivity contribution in [1.29, 1.82) is 5.26 Å². The van der Waals surface area contributed by atoms with Crippen molar-refractivity contribution < 1.29 is 4.52 Å². The fourth-order valence-electron chi connectivity index (χ4n) is 1.60. The molecule has 0 fully saturated rings. The molecule has 0 saturated heterocycles. The van der Waals surface area contributed by atoms with Gasteiger partial charge in [-0.1, -0.05) is 0 Å². The monoisotopic (exact) mass is 202 g/mol. The van der Waals surface area contributed by atoms with E-state index in [0.29, 0.717) is 18.7 Å². The molecule has 0 amide bonds. The summed E-state index contributed by atoms with van der Waals surface area (Å²) in [6, 6.07) is 2.83. The van der Waals surface area contributed by atoms with Gasteiger partial charge in [-0.05, 0) is 27.7 Å². The smallest absolute Gasteiger partial charge is 0.122 e. The van der Waals surface area contributed by atoms with Crippen LogP contribution in [0.5, 0.6) is 0 Å². The number of nitrogens with zero attached hydrogens (tertiary/aromatic N) is 2. The van der Waals surface area contributed by atoms with Crippen LogP contribution >= 0.6 is 9.47 Å². The molecule has 0 N–H and O–H groups in total. The molecule has 0 aliphatic carbocycles. The third kappa shape index (κ3) is 4.04. The maximum Gasteiger partial charge on any atom is 0.122 e. The van der Waals surface area contributed by atoms with E-state index in [2.05, 4.69) is 48.1 Å². The largest absolute Gasteiger partial charge is 0.363 e. The average molecular weight is 202 g/mol. The van der Waals surface area contributed by atoms with Crippen molar-refractivity contribution in [2.75, 3.05) is 6.61 Å². The molecule has 13 heavy (non-hydrogen) atoms. The minimum Gasteiger partial charge on any atom is -0.363 e. The second kappa shape index (κ2) is 6.32. The van der Waals surface area contributed by atoms with Crippen LogP contribution in [-0.4, -0.2) is 29.6 Å². The van der Waals surface area contributed by atoms with Crippen LogP contribution in [0.1, 0.15) is 27.7 Å². The predicted molar refractivity (Wildman–Crippen MR) is 57.2 cm³/mol. The van der Waals surface area contributed by atoms with Gasteiger partial charge in [-0.15, -0.1) is 0 Å². The highest BCUT2D eigenvalue weighted by Crippen LogP contribution is 2.11. The second-order valence-electron chi connectivity index (χ2n) is 3.61. The molecule has 2 unspecified atom stereocenters. The molecule has 0 spiro atoms. The molecule has 0 bridgehead atoms. The molecule has 0 aromatic carbocycles. The van der Waals surface area contributed by atoms with Crippen LogP contribution in [0.4, 0.5) is 0 Å². The van der Waals surface area contributed by atoms with Crippen molar-refractivity contribution in [3.63, 3.8) is 0 Å². The first-order chi connectivity index (χ1) is 6.04. The van der Waals surface area contributed by atoms with E-state index in [1.54, 1.807) is 0 Å². The Balaban J connectivity index is 4.42. The van der Waals surface area contributed by atoms with E-state index in [1.165, 1.54) is 0 Å². The van der Waals surface area contributed by atoms with E-state index < -0.39 is 0 Å². The highest BCUT2D eigenvalue weighted by molar-refractivity contribution is 7.09. The van der Waals surface area contributed by atoms with Crippen LogP contribution in [0.15, 0.2) is 0 Å². The van der Waals surface area contributed by atoms with Crippen molar-refractivity contribution in [2.45, 2.75) is 45.8 Å². The molecule has 0 aliphatic rings. The standard InChI is InChI=1S/C9H19N2OP/c1-7(2)11(8(3)4)9(5-10)6-12-13/h7-9H,6,13H2,1-4H3. The van der Waals surface area contributed by atoms with Gasteiger partial charge in [-0.3, -0.25) is 4.90 Å². The summed E-state index contributed by atoms with van der Waals surface area (Å²) in [4.78, 5) is 2.14. The fraction of sp³-hybridized carbons (Fsp3) is 0.889. The van der Waals surface area contributed by atoms with E-state index in [0.717, 1.165) is 0 Å². The predicted octanol–water partition coefficient (Wildman–Crippen LogP) is 1.80. The Morgan fingerprint density at radius 2 is 1.77 bits per heavy atom. The lowest BCUT2D eigenvalue weighted by molar-refractivity contribution is 0.111. The van der Waals surface area contributed by atoms with Gasteiger partial charge in [0.2, 0.25) is 0 Å². The molecule has 0 aromatic heterocycles. The molecule has 2 atom stereocenters. The molecule has 0 saturated carbocycles. The van der Waals surface area contributed by atoms with Crippen LogP contribution in [-0.2, 0) is 4.52 Å². The fourth-order valence-corrected chi connectivity index (χ4v) is 1.78. The molecular formula is C9H19N2OP. The highest BCUT2D eigenvalue weighted by atomic mass is 31.0. The molecule has 76 valence electrons. The van der Waals surface area contributed by atoms with E-state index in [-0.39, 0.29) is 6.04 Å². The lowest BCUT2D eigenvalue weighted by Crippen LogP contribution is -2.46. The molecule has 3 nitrogen and oxygen atoms in total. The van der Waals surface area contributed by atoms with Gasteiger partial charge in [0.1, 0.15) is 6.04 Å². The summed E-state index contributed by atoms with van der Waals surface area (Å²) in [6.45, 7) is 8.80. The number of rotatable bonds is 5. The maximum absolute atomic E-state index is 8.94. The van der Waals surface area contributed by atoms with Crippen molar-refractivity contribution in [1.82, 2.24) is 4.90 Å². The van der Waals surface area contributed by atoms with Gasteiger partial charge < -0.3 is 4.52 Å². The quantitative estimate of drug-likeness (QED) is 0.638. The molecule has 4 heteroatoms. The zero-order chi connectivity index (χ0) is 10.4. The Kier molecular flexibility index (Phi) is 6.24. The summed E-state index contributed by atoms with van der Waals surface area (Å²) in [5.41, 5.74) is 0. The minimum atomic E-state index is -0.155. The van der Waals surface area contributed by atoms with Crippen molar-refractivity contribution in [3.8, 4) is 6.07 Å². The van der Waals surface area contributed by atoms with Gasteiger partial charge >= 0.3 is 0 Å². The van der Waals surface area contributed by atoms with Gasteiger partial charge in [-0.2, -0.15) is 5.26 Å². The van der Waals surface area contributed by atoms with Crippen molar-refractivity contribution >= 4 is 9.47 Å². The van der Waals surface area contributed by atoms with E-state index >= 15 is 0 Å². The Morgan fingerprint density at radius 1 is 1.31 bits per heavy atom. The Morgan fingerprint density at radius 3 is 2.00 bits per heavy atom. The Labute approximate surface area is 83.3 Å². The molecule has 0 rings (SSSR count). The summed E-state index contributed by atoms with van der Waals surface area (Å²) in [7, 11) is 2.18. The summed E-state index contributed by atoms with van der Waals surface area (Å²) in [5.74, 6) is 0. The van der Waals surface area contributed by atoms with Gasteiger partial charge in [0.25, 0.3) is 0 Å². The van der Waals surface area contributed by atoms with Crippen LogP contribution in [0.25, 0.3) is 0 Å². The molecule has 0 radical (unpaired) electrons. The maximum atomic E-state index is 8.94.